The summed E-state index contributed by atoms with van der Waals surface area (Å²) < 4.78 is 5.31. The molecule has 0 saturated carbocycles. The Balaban J connectivity index is 3.05. The molecular formula is C21H40O. The van der Waals surface area contributed by atoms with Crippen LogP contribution in [-0.4, -0.2) is 6.61 Å². The van der Waals surface area contributed by atoms with Gasteiger partial charge in [-0.3, -0.25) is 0 Å². The summed E-state index contributed by atoms with van der Waals surface area (Å²) in [6.07, 6.45) is 27.5. The smallest absolute Gasteiger partial charge is 0.0873 e. The summed E-state index contributed by atoms with van der Waals surface area (Å²) in [5.41, 5.74) is 0. The standard InChI is InChI=1S/C21H40O/c1-3-5-6-7-8-9-10-11-12-13-14-15-16-17-18-19-21-22-20-4-2/h4,11-12,20H,3,5-10,13-19,21H2,1-2H3. The normalized spacial score (nSPS) is 11.7. The van der Waals surface area contributed by atoms with Gasteiger partial charge in [0, 0.05) is 0 Å². The van der Waals surface area contributed by atoms with Gasteiger partial charge in [-0.05, 0) is 39.0 Å². The highest BCUT2D eigenvalue weighted by Crippen LogP contribution is 2.09. The minimum Gasteiger partial charge on any atom is -0.502 e. The highest BCUT2D eigenvalue weighted by molar-refractivity contribution is 4.81. The number of rotatable bonds is 17. The van der Waals surface area contributed by atoms with Crippen LogP contribution in [0, 0.1) is 0 Å². The Morgan fingerprint density at radius 2 is 1.14 bits per heavy atom. The summed E-state index contributed by atoms with van der Waals surface area (Å²) in [6, 6.07) is 0. The molecule has 0 unspecified atom stereocenters. The molecule has 0 bridgehead atoms. The van der Waals surface area contributed by atoms with E-state index in [9.17, 15) is 0 Å². The zero-order valence-electron chi connectivity index (χ0n) is 15.3. The van der Waals surface area contributed by atoms with Gasteiger partial charge in [-0.15, -0.1) is 0 Å². The van der Waals surface area contributed by atoms with Crippen LogP contribution in [0.4, 0.5) is 0 Å². The lowest BCUT2D eigenvalue weighted by atomic mass is 10.1. The van der Waals surface area contributed by atoms with Crippen molar-refractivity contribution in [1.82, 2.24) is 0 Å². The quantitative estimate of drug-likeness (QED) is 0.153. The van der Waals surface area contributed by atoms with Crippen molar-refractivity contribution in [2.24, 2.45) is 0 Å². The van der Waals surface area contributed by atoms with Crippen molar-refractivity contribution in [3.05, 3.63) is 24.5 Å². The number of hydrogen-bond donors (Lipinski definition) is 0. The lowest BCUT2D eigenvalue weighted by Gasteiger charge is -2.01. The van der Waals surface area contributed by atoms with Crippen molar-refractivity contribution >= 4 is 0 Å². The number of ether oxygens (including phenoxy) is 1. The fourth-order valence-corrected chi connectivity index (χ4v) is 2.60. The van der Waals surface area contributed by atoms with E-state index < -0.39 is 0 Å². The average Bonchev–Trinajstić information content (AvgIpc) is 2.54. The largest absolute Gasteiger partial charge is 0.502 e. The maximum Gasteiger partial charge on any atom is 0.0873 e. The molecule has 0 heterocycles. The molecule has 0 aromatic rings. The Labute approximate surface area is 140 Å². The van der Waals surface area contributed by atoms with Gasteiger partial charge in [-0.1, -0.05) is 82.9 Å². The molecule has 0 aromatic heterocycles. The van der Waals surface area contributed by atoms with Gasteiger partial charge in [0.15, 0.2) is 0 Å². The van der Waals surface area contributed by atoms with Crippen molar-refractivity contribution < 1.29 is 4.74 Å². The monoisotopic (exact) mass is 308 g/mol. The number of hydrogen-bond acceptors (Lipinski definition) is 1. The average molecular weight is 309 g/mol. The van der Waals surface area contributed by atoms with Gasteiger partial charge in [0.05, 0.1) is 12.9 Å². The van der Waals surface area contributed by atoms with Crippen LogP contribution in [-0.2, 0) is 4.74 Å². The van der Waals surface area contributed by atoms with Crippen LogP contribution >= 0.6 is 0 Å². The second-order valence-corrected chi connectivity index (χ2v) is 6.28. The van der Waals surface area contributed by atoms with Crippen molar-refractivity contribution in [3.63, 3.8) is 0 Å². The van der Waals surface area contributed by atoms with Crippen molar-refractivity contribution in [3.8, 4) is 0 Å². The minimum absolute atomic E-state index is 0.880. The first-order valence-electron chi connectivity index (χ1n) is 9.79. The van der Waals surface area contributed by atoms with Crippen molar-refractivity contribution in [2.45, 2.75) is 104 Å². The molecule has 0 radical (unpaired) electrons. The molecule has 0 aliphatic rings. The summed E-state index contributed by atoms with van der Waals surface area (Å²) in [4.78, 5) is 0. The molecule has 0 amide bonds. The molecule has 0 atom stereocenters. The third-order valence-corrected chi connectivity index (χ3v) is 4.01. The second-order valence-electron chi connectivity index (χ2n) is 6.28. The number of unbranched alkanes of at least 4 members (excludes halogenated alkanes) is 12. The fourth-order valence-electron chi connectivity index (χ4n) is 2.60. The molecule has 130 valence electrons. The highest BCUT2D eigenvalue weighted by Gasteiger charge is 1.91. The van der Waals surface area contributed by atoms with E-state index in [1.165, 1.54) is 89.9 Å². The molecular weight excluding hydrogens is 268 g/mol. The molecule has 0 aromatic carbocycles. The Morgan fingerprint density at radius 1 is 0.636 bits per heavy atom. The molecule has 0 rings (SSSR count). The summed E-state index contributed by atoms with van der Waals surface area (Å²) in [7, 11) is 0. The Hall–Kier alpha value is -0.720. The van der Waals surface area contributed by atoms with Gasteiger partial charge in [-0.25, -0.2) is 0 Å². The van der Waals surface area contributed by atoms with E-state index in [1.807, 2.05) is 13.0 Å². The maximum absolute atomic E-state index is 5.31. The molecule has 0 aliphatic carbocycles. The summed E-state index contributed by atoms with van der Waals surface area (Å²) in [5, 5.41) is 0. The zero-order valence-corrected chi connectivity index (χ0v) is 15.3. The lowest BCUT2D eigenvalue weighted by molar-refractivity contribution is 0.240. The number of allylic oxidation sites excluding steroid dienone is 3. The zero-order chi connectivity index (χ0) is 16.1. The Kier molecular flexibility index (Phi) is 19.6. The van der Waals surface area contributed by atoms with Crippen LogP contribution in [0.3, 0.4) is 0 Å². The third-order valence-electron chi connectivity index (χ3n) is 4.01. The first kappa shape index (κ1) is 21.3. The first-order chi connectivity index (χ1) is 10.9. The summed E-state index contributed by atoms with van der Waals surface area (Å²) >= 11 is 0. The molecule has 22 heavy (non-hydrogen) atoms. The van der Waals surface area contributed by atoms with Crippen LogP contribution in [0.2, 0.25) is 0 Å². The van der Waals surface area contributed by atoms with E-state index in [4.69, 9.17) is 4.74 Å². The molecule has 0 N–H and O–H groups in total. The van der Waals surface area contributed by atoms with E-state index >= 15 is 0 Å². The summed E-state index contributed by atoms with van der Waals surface area (Å²) in [6.45, 7) is 5.15. The van der Waals surface area contributed by atoms with E-state index in [1.54, 1.807) is 6.26 Å². The van der Waals surface area contributed by atoms with Crippen LogP contribution in [0.15, 0.2) is 24.5 Å². The third kappa shape index (κ3) is 19.3. The molecule has 1 heteroatoms. The van der Waals surface area contributed by atoms with Gasteiger partial charge >= 0.3 is 0 Å². The van der Waals surface area contributed by atoms with Gasteiger partial charge in [0.1, 0.15) is 0 Å². The van der Waals surface area contributed by atoms with Gasteiger partial charge in [-0.2, -0.15) is 0 Å². The molecule has 0 fully saturated rings. The van der Waals surface area contributed by atoms with Crippen molar-refractivity contribution in [1.29, 1.82) is 0 Å². The first-order valence-corrected chi connectivity index (χ1v) is 9.79. The maximum atomic E-state index is 5.31. The van der Waals surface area contributed by atoms with Crippen LogP contribution < -0.4 is 0 Å². The molecule has 1 nitrogen and oxygen atoms in total. The van der Waals surface area contributed by atoms with Gasteiger partial charge in [0.25, 0.3) is 0 Å². The highest BCUT2D eigenvalue weighted by atomic mass is 16.5. The minimum atomic E-state index is 0.880. The SMILES string of the molecule is CC=COCCCCCCCCC=CCCCCCCCC. The fraction of sp³-hybridized carbons (Fsp3) is 0.810. The lowest BCUT2D eigenvalue weighted by Crippen LogP contribution is -1.87. The topological polar surface area (TPSA) is 9.23 Å². The van der Waals surface area contributed by atoms with Gasteiger partial charge in [0.2, 0.25) is 0 Å². The molecule has 0 saturated heterocycles. The van der Waals surface area contributed by atoms with Crippen molar-refractivity contribution in [2.75, 3.05) is 6.61 Å². The second kappa shape index (κ2) is 20.3. The molecule has 0 spiro atoms. The van der Waals surface area contributed by atoms with E-state index in [2.05, 4.69) is 19.1 Å². The van der Waals surface area contributed by atoms with E-state index in [-0.39, 0.29) is 0 Å². The van der Waals surface area contributed by atoms with Crippen LogP contribution in [0.5, 0.6) is 0 Å². The summed E-state index contributed by atoms with van der Waals surface area (Å²) in [5.74, 6) is 0. The van der Waals surface area contributed by atoms with Crippen LogP contribution in [0.1, 0.15) is 104 Å². The Morgan fingerprint density at radius 3 is 1.68 bits per heavy atom. The predicted molar refractivity (Wildman–Crippen MR) is 100 cm³/mol. The predicted octanol–water partition coefficient (Wildman–Crippen LogP) is 7.57. The van der Waals surface area contributed by atoms with E-state index in [0.717, 1.165) is 6.61 Å². The Bertz CT molecular complexity index is 242. The molecule has 0 aliphatic heterocycles. The van der Waals surface area contributed by atoms with Crippen LogP contribution in [0.25, 0.3) is 0 Å². The van der Waals surface area contributed by atoms with Gasteiger partial charge < -0.3 is 4.74 Å². The van der Waals surface area contributed by atoms with E-state index in [0.29, 0.717) is 0 Å².